The van der Waals surface area contributed by atoms with Crippen molar-refractivity contribution >= 4 is 0 Å². The Kier molecular flexibility index (Phi) is 3.22. The number of halogens is 1. The van der Waals surface area contributed by atoms with Crippen LogP contribution in [0.4, 0.5) is 4.39 Å². The second-order valence-corrected chi connectivity index (χ2v) is 5.46. The molecule has 1 unspecified atom stereocenters. The Morgan fingerprint density at radius 1 is 1.45 bits per heavy atom. The minimum absolute atomic E-state index is 0.0537. The highest BCUT2D eigenvalue weighted by Crippen LogP contribution is 2.32. The zero-order valence-electron chi connectivity index (χ0n) is 11.7. The first-order valence-electron chi connectivity index (χ1n) is 6.71. The second-order valence-electron chi connectivity index (χ2n) is 5.46. The van der Waals surface area contributed by atoms with Gasteiger partial charge in [0.2, 0.25) is 0 Å². The number of methoxy groups -OCH3 is 1. The molecule has 1 aromatic heterocycles. The van der Waals surface area contributed by atoms with Crippen molar-refractivity contribution in [3.63, 3.8) is 0 Å². The summed E-state index contributed by atoms with van der Waals surface area (Å²) in [6, 6.07) is 4.87. The SMILES string of the molecule is COc1cc(-n2cncc2C2(C)CCNC2)ccc1F. The van der Waals surface area contributed by atoms with Gasteiger partial charge in [-0.15, -0.1) is 0 Å². The maximum absolute atomic E-state index is 13.5. The van der Waals surface area contributed by atoms with Gasteiger partial charge in [0, 0.05) is 29.9 Å². The monoisotopic (exact) mass is 275 g/mol. The van der Waals surface area contributed by atoms with Crippen molar-refractivity contribution in [3.8, 4) is 11.4 Å². The Morgan fingerprint density at radius 2 is 2.30 bits per heavy atom. The van der Waals surface area contributed by atoms with Gasteiger partial charge in [-0.25, -0.2) is 9.37 Å². The van der Waals surface area contributed by atoms with Crippen LogP contribution >= 0.6 is 0 Å². The Hall–Kier alpha value is -1.88. The zero-order valence-corrected chi connectivity index (χ0v) is 11.7. The molecule has 5 heteroatoms. The van der Waals surface area contributed by atoms with Crippen molar-refractivity contribution in [1.82, 2.24) is 14.9 Å². The summed E-state index contributed by atoms with van der Waals surface area (Å²) in [5.74, 6) is -0.108. The molecule has 3 rings (SSSR count). The molecule has 2 heterocycles. The largest absolute Gasteiger partial charge is 0.494 e. The molecule has 0 aliphatic carbocycles. The minimum atomic E-state index is -0.355. The molecule has 2 aromatic rings. The maximum Gasteiger partial charge on any atom is 0.165 e. The van der Waals surface area contributed by atoms with Crippen LogP contribution in [0.2, 0.25) is 0 Å². The van der Waals surface area contributed by atoms with Crippen LogP contribution in [0.3, 0.4) is 0 Å². The third-order valence-electron chi connectivity index (χ3n) is 4.04. The van der Waals surface area contributed by atoms with Gasteiger partial charge in [0.1, 0.15) is 0 Å². The fraction of sp³-hybridized carbons (Fsp3) is 0.400. The van der Waals surface area contributed by atoms with Crippen LogP contribution in [0.5, 0.6) is 5.75 Å². The second kappa shape index (κ2) is 4.90. The van der Waals surface area contributed by atoms with Crippen LogP contribution in [-0.2, 0) is 5.41 Å². The van der Waals surface area contributed by atoms with Gasteiger partial charge in [0.05, 0.1) is 19.1 Å². The van der Waals surface area contributed by atoms with Crippen LogP contribution in [0, 0.1) is 5.82 Å². The molecular weight excluding hydrogens is 257 g/mol. The Balaban J connectivity index is 2.05. The highest BCUT2D eigenvalue weighted by molar-refractivity contribution is 5.42. The Labute approximate surface area is 117 Å². The van der Waals surface area contributed by atoms with Crippen LogP contribution < -0.4 is 10.1 Å². The number of benzene rings is 1. The summed E-state index contributed by atoms with van der Waals surface area (Å²) in [5.41, 5.74) is 2.05. The van der Waals surface area contributed by atoms with E-state index in [0.717, 1.165) is 30.9 Å². The van der Waals surface area contributed by atoms with E-state index < -0.39 is 0 Å². The minimum Gasteiger partial charge on any atom is -0.494 e. The van der Waals surface area contributed by atoms with Crippen molar-refractivity contribution in [2.75, 3.05) is 20.2 Å². The van der Waals surface area contributed by atoms with Gasteiger partial charge in [-0.3, -0.25) is 0 Å². The van der Waals surface area contributed by atoms with Gasteiger partial charge in [-0.1, -0.05) is 6.92 Å². The number of hydrogen-bond donors (Lipinski definition) is 1. The number of hydrogen-bond acceptors (Lipinski definition) is 3. The lowest BCUT2D eigenvalue weighted by molar-refractivity contribution is 0.386. The topological polar surface area (TPSA) is 39.1 Å². The smallest absolute Gasteiger partial charge is 0.165 e. The molecular formula is C15H18FN3O. The normalized spacial score (nSPS) is 22.1. The molecule has 20 heavy (non-hydrogen) atoms. The van der Waals surface area contributed by atoms with Gasteiger partial charge in [0.15, 0.2) is 11.6 Å². The molecule has 1 atom stereocenters. The van der Waals surface area contributed by atoms with Gasteiger partial charge in [-0.05, 0) is 25.1 Å². The summed E-state index contributed by atoms with van der Waals surface area (Å²) < 4.78 is 20.6. The molecule has 1 aliphatic rings. The molecule has 1 aromatic carbocycles. The number of rotatable bonds is 3. The van der Waals surface area contributed by atoms with E-state index in [2.05, 4.69) is 17.2 Å². The third kappa shape index (κ3) is 2.08. The van der Waals surface area contributed by atoms with Crippen LogP contribution in [-0.4, -0.2) is 29.8 Å². The summed E-state index contributed by atoms with van der Waals surface area (Å²) in [6.45, 7) is 4.16. The Morgan fingerprint density at radius 3 is 3.00 bits per heavy atom. The van der Waals surface area contributed by atoms with Crippen molar-refractivity contribution < 1.29 is 9.13 Å². The number of aromatic nitrogens is 2. The quantitative estimate of drug-likeness (QED) is 0.934. The molecule has 0 spiro atoms. The molecule has 0 saturated carbocycles. The lowest BCUT2D eigenvalue weighted by Crippen LogP contribution is -2.27. The first kappa shape index (κ1) is 13.1. The lowest BCUT2D eigenvalue weighted by Gasteiger charge is -2.24. The number of imidazole rings is 1. The third-order valence-corrected chi connectivity index (χ3v) is 4.04. The standard InChI is InChI=1S/C15H18FN3O/c1-15(5-6-17-9-15)14-8-18-10-19(14)11-3-4-12(16)13(7-11)20-2/h3-4,7-8,10,17H,5-6,9H2,1-2H3. The summed E-state index contributed by atoms with van der Waals surface area (Å²) >= 11 is 0. The van der Waals surface area contributed by atoms with E-state index >= 15 is 0 Å². The van der Waals surface area contributed by atoms with E-state index in [1.165, 1.54) is 13.2 Å². The van der Waals surface area contributed by atoms with E-state index in [9.17, 15) is 4.39 Å². The molecule has 0 amide bonds. The van der Waals surface area contributed by atoms with Crippen molar-refractivity contribution in [2.24, 2.45) is 0 Å². The summed E-state index contributed by atoms with van der Waals surface area (Å²) in [5, 5.41) is 3.39. The van der Waals surface area contributed by atoms with E-state index in [4.69, 9.17) is 4.74 Å². The molecule has 1 saturated heterocycles. The fourth-order valence-electron chi connectivity index (χ4n) is 2.78. The molecule has 1 fully saturated rings. The van der Waals surface area contributed by atoms with Gasteiger partial charge >= 0.3 is 0 Å². The average Bonchev–Trinajstić information content (AvgIpc) is 3.09. The molecule has 1 aliphatic heterocycles. The van der Waals surface area contributed by atoms with Crippen LogP contribution in [0.15, 0.2) is 30.7 Å². The van der Waals surface area contributed by atoms with Crippen molar-refractivity contribution in [1.29, 1.82) is 0 Å². The van der Waals surface area contributed by atoms with E-state index in [-0.39, 0.29) is 17.0 Å². The first-order chi connectivity index (χ1) is 9.64. The van der Waals surface area contributed by atoms with Crippen LogP contribution in [0.1, 0.15) is 19.0 Å². The Bertz CT molecular complexity index is 617. The predicted molar refractivity (Wildman–Crippen MR) is 74.9 cm³/mol. The van der Waals surface area contributed by atoms with Gasteiger partial charge < -0.3 is 14.6 Å². The number of ether oxygens (including phenoxy) is 1. The van der Waals surface area contributed by atoms with Gasteiger partial charge in [0.25, 0.3) is 0 Å². The average molecular weight is 275 g/mol. The van der Waals surface area contributed by atoms with E-state index in [1.807, 2.05) is 10.8 Å². The highest BCUT2D eigenvalue weighted by atomic mass is 19.1. The van der Waals surface area contributed by atoms with E-state index in [1.54, 1.807) is 18.5 Å². The van der Waals surface area contributed by atoms with Crippen molar-refractivity contribution in [2.45, 2.75) is 18.8 Å². The molecule has 106 valence electrons. The molecule has 0 bridgehead atoms. The summed E-state index contributed by atoms with van der Waals surface area (Å²) in [6.07, 6.45) is 4.73. The summed E-state index contributed by atoms with van der Waals surface area (Å²) in [7, 11) is 1.47. The van der Waals surface area contributed by atoms with Gasteiger partial charge in [-0.2, -0.15) is 0 Å². The predicted octanol–water partition coefficient (Wildman–Crippen LogP) is 2.27. The number of nitrogens with zero attached hydrogens (tertiary/aromatic N) is 2. The lowest BCUT2D eigenvalue weighted by atomic mass is 9.86. The van der Waals surface area contributed by atoms with E-state index in [0.29, 0.717) is 0 Å². The van der Waals surface area contributed by atoms with Crippen LogP contribution in [0.25, 0.3) is 5.69 Å². The summed E-state index contributed by atoms with van der Waals surface area (Å²) in [4.78, 5) is 4.27. The number of nitrogens with one attached hydrogen (secondary N) is 1. The fourth-order valence-corrected chi connectivity index (χ4v) is 2.78. The molecule has 4 nitrogen and oxygen atoms in total. The molecule has 0 radical (unpaired) electrons. The van der Waals surface area contributed by atoms with Crippen molar-refractivity contribution in [3.05, 3.63) is 42.2 Å². The first-order valence-corrected chi connectivity index (χ1v) is 6.71. The molecule has 1 N–H and O–H groups in total. The zero-order chi connectivity index (χ0) is 14.2. The highest BCUT2D eigenvalue weighted by Gasteiger charge is 2.33. The maximum atomic E-state index is 13.5.